The molecule has 4 nitrogen and oxygen atoms in total. The van der Waals surface area contributed by atoms with Gasteiger partial charge in [-0.1, -0.05) is 13.8 Å². The molecule has 1 fully saturated rings. The number of hydrogen-bond donors (Lipinski definition) is 2. The molecule has 1 aliphatic heterocycles. The first-order chi connectivity index (χ1) is 8.41. The Balaban J connectivity index is 2.57. The van der Waals surface area contributed by atoms with E-state index in [0.717, 1.165) is 52.4 Å². The number of hydrogen-bond acceptors (Lipinski definition) is 4. The number of nitrogens with zero attached hydrogens (tertiary/aromatic N) is 1. The van der Waals surface area contributed by atoms with E-state index in [1.54, 1.807) is 0 Å². The zero-order valence-corrected chi connectivity index (χ0v) is 12.5. The number of aliphatic hydroxyl groups is 1. The molecule has 1 rings (SSSR count). The van der Waals surface area contributed by atoms with Crippen LogP contribution in [0.4, 0.5) is 0 Å². The zero-order valence-electron chi connectivity index (χ0n) is 12.5. The normalized spacial score (nSPS) is 25.0. The number of ether oxygens (including phenoxy) is 1. The lowest BCUT2D eigenvalue weighted by molar-refractivity contribution is 0.0192. The first-order valence-electron chi connectivity index (χ1n) is 7.14. The van der Waals surface area contributed by atoms with Crippen molar-refractivity contribution in [2.45, 2.75) is 39.7 Å². The lowest BCUT2D eigenvalue weighted by Gasteiger charge is -2.36. The lowest BCUT2D eigenvalue weighted by Crippen LogP contribution is -2.48. The number of likely N-dealkylation sites (N-methyl/N-ethyl adjacent to an activating group) is 1. The summed E-state index contributed by atoms with van der Waals surface area (Å²) in [4.78, 5) is 2.34. The average molecular weight is 258 g/mol. The maximum Gasteiger partial charge on any atom is 0.0718 e. The van der Waals surface area contributed by atoms with Gasteiger partial charge in [-0.25, -0.2) is 0 Å². The average Bonchev–Trinajstić information content (AvgIpc) is 2.73. The van der Waals surface area contributed by atoms with E-state index in [1.165, 1.54) is 0 Å². The third-order valence-corrected chi connectivity index (χ3v) is 3.55. The van der Waals surface area contributed by atoms with Gasteiger partial charge in [0.25, 0.3) is 0 Å². The van der Waals surface area contributed by atoms with Crippen molar-refractivity contribution >= 4 is 0 Å². The number of nitrogens with one attached hydrogen (secondary N) is 1. The van der Waals surface area contributed by atoms with E-state index >= 15 is 0 Å². The summed E-state index contributed by atoms with van der Waals surface area (Å²) in [6, 6.07) is 0. The molecular formula is C14H30N2O2. The van der Waals surface area contributed by atoms with Crippen LogP contribution >= 0.6 is 0 Å². The van der Waals surface area contributed by atoms with E-state index < -0.39 is 5.60 Å². The fourth-order valence-electron chi connectivity index (χ4n) is 2.66. The minimum Gasteiger partial charge on any atom is -0.389 e. The van der Waals surface area contributed by atoms with Crippen LogP contribution in [0, 0.1) is 5.41 Å². The van der Waals surface area contributed by atoms with Crippen LogP contribution in [0.15, 0.2) is 0 Å². The molecule has 0 radical (unpaired) electrons. The highest BCUT2D eigenvalue weighted by Gasteiger charge is 2.36. The van der Waals surface area contributed by atoms with Crippen molar-refractivity contribution < 1.29 is 9.84 Å². The maximum atomic E-state index is 9.96. The van der Waals surface area contributed by atoms with Crippen molar-refractivity contribution in [2.75, 3.05) is 45.9 Å². The number of rotatable bonds is 8. The molecule has 0 bridgehead atoms. The van der Waals surface area contributed by atoms with Gasteiger partial charge in [-0.15, -0.1) is 0 Å². The Kier molecular flexibility index (Phi) is 6.05. The van der Waals surface area contributed by atoms with E-state index in [0.29, 0.717) is 0 Å². The van der Waals surface area contributed by atoms with Gasteiger partial charge < -0.3 is 20.1 Å². The van der Waals surface area contributed by atoms with Gasteiger partial charge >= 0.3 is 0 Å². The van der Waals surface area contributed by atoms with E-state index in [4.69, 9.17) is 4.74 Å². The molecule has 1 aliphatic rings. The van der Waals surface area contributed by atoms with Crippen LogP contribution in [0.25, 0.3) is 0 Å². The zero-order chi connectivity index (χ0) is 13.6. The standard InChI is InChI=1S/C14H30N2O2/c1-5-15-9-14(7-8-18-12-14)11-16(6-2)10-13(3,4)17/h15,17H,5-12H2,1-4H3. The Morgan fingerprint density at radius 2 is 2.11 bits per heavy atom. The van der Waals surface area contributed by atoms with Gasteiger partial charge in [0.2, 0.25) is 0 Å². The van der Waals surface area contributed by atoms with Crippen molar-refractivity contribution in [1.29, 1.82) is 0 Å². The summed E-state index contributed by atoms with van der Waals surface area (Å²) in [5, 5.41) is 13.4. The van der Waals surface area contributed by atoms with E-state index in [2.05, 4.69) is 24.1 Å². The molecule has 1 atom stereocenters. The smallest absolute Gasteiger partial charge is 0.0718 e. The molecule has 0 saturated carbocycles. The Hall–Kier alpha value is -0.160. The van der Waals surface area contributed by atoms with Gasteiger partial charge in [-0.3, -0.25) is 0 Å². The monoisotopic (exact) mass is 258 g/mol. The maximum absolute atomic E-state index is 9.96. The predicted molar refractivity (Wildman–Crippen MR) is 74.8 cm³/mol. The van der Waals surface area contributed by atoms with Gasteiger partial charge in [0, 0.05) is 31.7 Å². The second-order valence-electron chi connectivity index (χ2n) is 6.20. The molecule has 0 aromatic carbocycles. The van der Waals surface area contributed by atoms with Crippen LogP contribution in [-0.4, -0.2) is 61.5 Å². The van der Waals surface area contributed by atoms with Gasteiger partial charge in [-0.2, -0.15) is 0 Å². The van der Waals surface area contributed by atoms with Crippen LogP contribution in [-0.2, 0) is 4.74 Å². The molecule has 0 amide bonds. The third kappa shape index (κ3) is 5.22. The van der Waals surface area contributed by atoms with Crippen LogP contribution in [0.1, 0.15) is 34.1 Å². The molecule has 4 heteroatoms. The van der Waals surface area contributed by atoms with Gasteiger partial charge in [0.15, 0.2) is 0 Å². The minimum absolute atomic E-state index is 0.220. The van der Waals surface area contributed by atoms with Gasteiger partial charge in [0.1, 0.15) is 0 Å². The summed E-state index contributed by atoms with van der Waals surface area (Å²) in [5.41, 5.74) is -0.411. The second-order valence-corrected chi connectivity index (χ2v) is 6.20. The first-order valence-corrected chi connectivity index (χ1v) is 7.14. The molecule has 0 aromatic heterocycles. The largest absolute Gasteiger partial charge is 0.389 e. The Morgan fingerprint density at radius 1 is 1.39 bits per heavy atom. The molecule has 0 aliphatic carbocycles. The summed E-state index contributed by atoms with van der Waals surface area (Å²) in [7, 11) is 0. The van der Waals surface area contributed by atoms with E-state index in [-0.39, 0.29) is 5.41 Å². The third-order valence-electron chi connectivity index (χ3n) is 3.55. The van der Waals surface area contributed by atoms with E-state index in [9.17, 15) is 5.11 Å². The van der Waals surface area contributed by atoms with Crippen molar-refractivity contribution in [3.63, 3.8) is 0 Å². The summed E-state index contributed by atoms with van der Waals surface area (Å²) in [6.45, 7) is 14.4. The van der Waals surface area contributed by atoms with Gasteiger partial charge in [0.05, 0.1) is 12.2 Å². The predicted octanol–water partition coefficient (Wildman–Crippen LogP) is 1.10. The van der Waals surface area contributed by atoms with Crippen LogP contribution < -0.4 is 5.32 Å². The van der Waals surface area contributed by atoms with Crippen molar-refractivity contribution in [3.8, 4) is 0 Å². The molecule has 18 heavy (non-hydrogen) atoms. The summed E-state index contributed by atoms with van der Waals surface area (Å²) < 4.78 is 5.60. The van der Waals surface area contributed by atoms with Crippen LogP contribution in [0.3, 0.4) is 0 Å². The minimum atomic E-state index is -0.630. The SMILES string of the molecule is CCNCC1(CN(CC)CC(C)(C)O)CCOC1. The molecule has 0 spiro atoms. The molecule has 1 unspecified atom stereocenters. The van der Waals surface area contributed by atoms with Crippen LogP contribution in [0.2, 0.25) is 0 Å². The summed E-state index contributed by atoms with van der Waals surface area (Å²) >= 11 is 0. The van der Waals surface area contributed by atoms with Crippen molar-refractivity contribution in [3.05, 3.63) is 0 Å². The highest BCUT2D eigenvalue weighted by atomic mass is 16.5. The molecule has 108 valence electrons. The topological polar surface area (TPSA) is 44.7 Å². The highest BCUT2D eigenvalue weighted by Crippen LogP contribution is 2.29. The fraction of sp³-hybridized carbons (Fsp3) is 1.00. The Bertz CT molecular complexity index is 232. The molecule has 1 heterocycles. The molecule has 2 N–H and O–H groups in total. The Morgan fingerprint density at radius 3 is 2.56 bits per heavy atom. The molecule has 0 aromatic rings. The fourth-order valence-corrected chi connectivity index (χ4v) is 2.66. The van der Waals surface area contributed by atoms with Crippen LogP contribution in [0.5, 0.6) is 0 Å². The lowest BCUT2D eigenvalue weighted by atomic mass is 9.86. The van der Waals surface area contributed by atoms with Crippen molar-refractivity contribution in [2.24, 2.45) is 5.41 Å². The quantitative estimate of drug-likeness (QED) is 0.684. The summed E-state index contributed by atoms with van der Waals surface area (Å²) in [5.74, 6) is 0. The first kappa shape index (κ1) is 15.9. The van der Waals surface area contributed by atoms with Gasteiger partial charge in [-0.05, 0) is 33.4 Å². The van der Waals surface area contributed by atoms with E-state index in [1.807, 2.05) is 13.8 Å². The molecule has 1 saturated heterocycles. The van der Waals surface area contributed by atoms with Crippen molar-refractivity contribution in [1.82, 2.24) is 10.2 Å². The highest BCUT2D eigenvalue weighted by molar-refractivity contribution is 4.89. The molecular weight excluding hydrogens is 228 g/mol. The second kappa shape index (κ2) is 6.85. The Labute approximate surface area is 112 Å². The summed E-state index contributed by atoms with van der Waals surface area (Å²) in [6.07, 6.45) is 1.11.